The number of ether oxygens (including phenoxy) is 3. The fraction of sp³-hybridized carbons (Fsp3) is 0.381. The number of nitrogens with one attached hydrogen (secondary N) is 2. The Hall–Kier alpha value is -1.81. The summed E-state index contributed by atoms with van der Waals surface area (Å²) in [5.74, 6) is 3.58. The summed E-state index contributed by atoms with van der Waals surface area (Å²) >= 11 is 1.82. The van der Waals surface area contributed by atoms with Gasteiger partial charge in [-0.05, 0) is 36.8 Å². The maximum absolute atomic E-state index is 5.41. The lowest BCUT2D eigenvalue weighted by atomic mass is 10.2. The fourth-order valence-electron chi connectivity index (χ4n) is 2.59. The lowest BCUT2D eigenvalue weighted by molar-refractivity contribution is 0.324. The molecule has 0 heterocycles. The van der Waals surface area contributed by atoms with Crippen LogP contribution in [0.15, 0.2) is 52.4 Å². The van der Waals surface area contributed by atoms with Crippen molar-refractivity contribution in [1.29, 1.82) is 0 Å². The Labute approximate surface area is 194 Å². The van der Waals surface area contributed by atoms with Crippen LogP contribution in [0.1, 0.15) is 12.5 Å². The van der Waals surface area contributed by atoms with Crippen molar-refractivity contribution < 1.29 is 14.2 Å². The van der Waals surface area contributed by atoms with E-state index in [-0.39, 0.29) is 24.0 Å². The Morgan fingerprint density at radius 3 is 2.17 bits per heavy atom. The van der Waals surface area contributed by atoms with Gasteiger partial charge in [-0.3, -0.25) is 0 Å². The molecule has 0 aliphatic rings. The van der Waals surface area contributed by atoms with E-state index in [9.17, 15) is 0 Å². The molecule has 2 aromatic carbocycles. The molecule has 6 nitrogen and oxygen atoms in total. The molecule has 8 heteroatoms. The van der Waals surface area contributed by atoms with Gasteiger partial charge in [0.2, 0.25) is 5.75 Å². The van der Waals surface area contributed by atoms with E-state index in [1.54, 1.807) is 21.3 Å². The van der Waals surface area contributed by atoms with Gasteiger partial charge in [0.1, 0.15) is 0 Å². The molecule has 2 rings (SSSR count). The molecule has 0 aliphatic carbocycles. The van der Waals surface area contributed by atoms with Gasteiger partial charge < -0.3 is 24.8 Å². The van der Waals surface area contributed by atoms with Gasteiger partial charge in [-0.15, -0.1) is 35.7 Å². The molecule has 0 aliphatic heterocycles. The maximum atomic E-state index is 5.41. The van der Waals surface area contributed by atoms with Crippen LogP contribution in [-0.2, 0) is 6.54 Å². The highest BCUT2D eigenvalue weighted by Gasteiger charge is 2.13. The second-order valence-electron chi connectivity index (χ2n) is 5.82. The molecule has 29 heavy (non-hydrogen) atoms. The lowest BCUT2D eigenvalue weighted by Crippen LogP contribution is -2.38. The molecule has 0 saturated heterocycles. The van der Waals surface area contributed by atoms with E-state index in [1.807, 2.05) is 30.0 Å². The van der Waals surface area contributed by atoms with Gasteiger partial charge in [-0.1, -0.05) is 18.2 Å². The number of guanidine groups is 1. The number of hydrogen-bond donors (Lipinski definition) is 2. The van der Waals surface area contributed by atoms with E-state index in [4.69, 9.17) is 14.2 Å². The molecule has 2 aromatic rings. The van der Waals surface area contributed by atoms with Crippen LogP contribution in [-0.4, -0.2) is 46.1 Å². The average molecular weight is 531 g/mol. The highest BCUT2D eigenvalue weighted by molar-refractivity contribution is 14.0. The molecule has 0 atom stereocenters. The first-order valence-corrected chi connectivity index (χ1v) is 10.2. The topological polar surface area (TPSA) is 64.1 Å². The number of halogens is 1. The SMILES string of the molecule is CCNC(=NCc1cc(OC)c(OC)c(OC)c1)NCCSc1ccccc1.I. The molecule has 0 saturated carbocycles. The molecule has 0 amide bonds. The molecule has 0 aromatic heterocycles. The van der Waals surface area contributed by atoms with E-state index < -0.39 is 0 Å². The van der Waals surface area contributed by atoms with Crippen LogP contribution in [0.2, 0.25) is 0 Å². The number of benzene rings is 2. The van der Waals surface area contributed by atoms with Crippen LogP contribution in [0.4, 0.5) is 0 Å². The zero-order valence-electron chi connectivity index (χ0n) is 17.4. The molecule has 0 bridgehead atoms. The van der Waals surface area contributed by atoms with E-state index in [1.165, 1.54) is 4.90 Å². The third-order valence-electron chi connectivity index (χ3n) is 3.89. The number of hydrogen-bond acceptors (Lipinski definition) is 5. The summed E-state index contributed by atoms with van der Waals surface area (Å²) < 4.78 is 16.2. The summed E-state index contributed by atoms with van der Waals surface area (Å²) in [5.41, 5.74) is 0.977. The summed E-state index contributed by atoms with van der Waals surface area (Å²) in [6, 6.07) is 14.2. The lowest BCUT2D eigenvalue weighted by Gasteiger charge is -2.14. The van der Waals surface area contributed by atoms with E-state index in [0.717, 1.165) is 30.4 Å². The minimum atomic E-state index is 0. The molecule has 160 valence electrons. The van der Waals surface area contributed by atoms with Gasteiger partial charge in [0.05, 0.1) is 27.9 Å². The molecular weight excluding hydrogens is 501 g/mol. The van der Waals surface area contributed by atoms with Crippen LogP contribution < -0.4 is 24.8 Å². The van der Waals surface area contributed by atoms with Gasteiger partial charge in [0.25, 0.3) is 0 Å². The van der Waals surface area contributed by atoms with Gasteiger partial charge in [0, 0.05) is 23.7 Å². The third-order valence-corrected chi connectivity index (χ3v) is 4.91. The minimum absolute atomic E-state index is 0. The van der Waals surface area contributed by atoms with Crippen molar-refractivity contribution in [3.05, 3.63) is 48.0 Å². The van der Waals surface area contributed by atoms with Crippen molar-refractivity contribution in [2.45, 2.75) is 18.4 Å². The first-order valence-electron chi connectivity index (χ1n) is 9.20. The smallest absolute Gasteiger partial charge is 0.203 e. The minimum Gasteiger partial charge on any atom is -0.493 e. The highest BCUT2D eigenvalue weighted by Crippen LogP contribution is 2.38. The number of thioether (sulfide) groups is 1. The second kappa shape index (κ2) is 14.2. The maximum Gasteiger partial charge on any atom is 0.203 e. The second-order valence-corrected chi connectivity index (χ2v) is 6.99. The highest BCUT2D eigenvalue weighted by atomic mass is 127. The van der Waals surface area contributed by atoms with Crippen molar-refractivity contribution in [2.24, 2.45) is 4.99 Å². The van der Waals surface area contributed by atoms with Gasteiger partial charge in [0.15, 0.2) is 17.5 Å². The Morgan fingerprint density at radius 1 is 0.966 bits per heavy atom. The zero-order chi connectivity index (χ0) is 20.2. The summed E-state index contributed by atoms with van der Waals surface area (Å²) in [6.07, 6.45) is 0. The first kappa shape index (κ1) is 25.2. The summed E-state index contributed by atoms with van der Waals surface area (Å²) in [5, 5.41) is 6.65. The van der Waals surface area contributed by atoms with E-state index in [0.29, 0.717) is 23.8 Å². The predicted molar refractivity (Wildman–Crippen MR) is 131 cm³/mol. The average Bonchev–Trinajstić information content (AvgIpc) is 2.74. The largest absolute Gasteiger partial charge is 0.493 e. The molecule has 0 unspecified atom stereocenters. The number of rotatable bonds is 10. The van der Waals surface area contributed by atoms with Crippen molar-refractivity contribution in [3.63, 3.8) is 0 Å². The Kier molecular flexibility index (Phi) is 12.4. The van der Waals surface area contributed by atoms with Gasteiger partial charge in [-0.25, -0.2) is 4.99 Å². The van der Waals surface area contributed by atoms with E-state index in [2.05, 4.69) is 46.8 Å². The standard InChI is InChI=1S/C21H29N3O3S.HI/c1-5-22-21(23-11-12-28-17-9-7-6-8-10-17)24-15-16-13-18(25-2)20(27-4)19(14-16)26-3;/h6-10,13-14H,5,11-12,15H2,1-4H3,(H2,22,23,24);1H. The number of methoxy groups -OCH3 is 3. The van der Waals surface area contributed by atoms with Crippen LogP contribution in [0.25, 0.3) is 0 Å². The normalized spacial score (nSPS) is 10.7. The van der Waals surface area contributed by atoms with E-state index >= 15 is 0 Å². The Bertz CT molecular complexity index is 735. The quantitative estimate of drug-likeness (QED) is 0.158. The van der Waals surface area contributed by atoms with Gasteiger partial charge >= 0.3 is 0 Å². The van der Waals surface area contributed by atoms with Crippen molar-refractivity contribution in [2.75, 3.05) is 40.2 Å². The summed E-state index contributed by atoms with van der Waals surface area (Å²) in [4.78, 5) is 5.94. The summed E-state index contributed by atoms with van der Waals surface area (Å²) in [6.45, 7) is 4.17. The van der Waals surface area contributed by atoms with Crippen LogP contribution in [0.5, 0.6) is 17.2 Å². The molecule has 0 fully saturated rings. The third kappa shape index (κ3) is 8.22. The molecule has 2 N–H and O–H groups in total. The Balaban J connectivity index is 0.00000420. The van der Waals surface area contributed by atoms with Gasteiger partial charge in [-0.2, -0.15) is 0 Å². The van der Waals surface area contributed by atoms with Crippen LogP contribution in [0.3, 0.4) is 0 Å². The molecule has 0 radical (unpaired) electrons. The summed E-state index contributed by atoms with van der Waals surface area (Å²) in [7, 11) is 4.82. The van der Waals surface area contributed by atoms with Crippen LogP contribution in [0, 0.1) is 0 Å². The number of aliphatic imine (C=N–C) groups is 1. The molecular formula is C21H30IN3O3S. The first-order chi connectivity index (χ1) is 13.7. The molecule has 0 spiro atoms. The van der Waals surface area contributed by atoms with Crippen molar-refractivity contribution >= 4 is 41.7 Å². The Morgan fingerprint density at radius 2 is 1.62 bits per heavy atom. The number of nitrogens with zero attached hydrogens (tertiary/aromatic N) is 1. The van der Waals surface area contributed by atoms with Crippen molar-refractivity contribution in [1.82, 2.24) is 10.6 Å². The monoisotopic (exact) mass is 531 g/mol. The zero-order valence-corrected chi connectivity index (χ0v) is 20.5. The fourth-order valence-corrected chi connectivity index (χ4v) is 3.38. The van der Waals surface area contributed by atoms with Crippen LogP contribution >= 0.6 is 35.7 Å². The predicted octanol–water partition coefficient (Wildman–Crippen LogP) is 4.18. The van der Waals surface area contributed by atoms with Crippen molar-refractivity contribution in [3.8, 4) is 17.2 Å².